The van der Waals surface area contributed by atoms with Gasteiger partial charge >= 0.3 is 0 Å². The molecular formula is C38H44ClN3O6S. The van der Waals surface area contributed by atoms with Crippen LogP contribution in [-0.2, 0) is 32.6 Å². The molecule has 0 saturated carbocycles. The van der Waals surface area contributed by atoms with E-state index in [-0.39, 0.29) is 35.4 Å². The number of halogens is 1. The predicted octanol–water partition coefficient (Wildman–Crippen LogP) is 6.58. The van der Waals surface area contributed by atoms with Gasteiger partial charge in [0, 0.05) is 30.6 Å². The molecule has 2 amide bonds. The SMILES string of the molecule is COc1ccc(S(=O)(=O)N(CC(=O)N(Cc2ccccc2Cl)[C@@H](Cc2ccccc2)C(=O)NCC(C)C)c2cc(C)cc(C)c2)cc1OC. The second kappa shape index (κ2) is 16.7. The van der Waals surface area contributed by atoms with Gasteiger partial charge in [-0.3, -0.25) is 13.9 Å². The number of nitrogens with one attached hydrogen (secondary N) is 1. The molecule has 4 rings (SSSR count). The fraction of sp³-hybridized carbons (Fsp3) is 0.316. The third kappa shape index (κ3) is 9.55. The molecule has 0 aliphatic carbocycles. The Morgan fingerprint density at radius 1 is 0.837 bits per heavy atom. The summed E-state index contributed by atoms with van der Waals surface area (Å²) in [4.78, 5) is 30.1. The van der Waals surface area contributed by atoms with Crippen LogP contribution in [0.15, 0.2) is 95.9 Å². The number of carbonyl (C=O) groups excluding carboxylic acids is 2. The van der Waals surface area contributed by atoms with Crippen molar-refractivity contribution in [2.45, 2.75) is 51.6 Å². The molecule has 0 heterocycles. The Morgan fingerprint density at radius 2 is 1.47 bits per heavy atom. The molecule has 1 atom stereocenters. The molecule has 0 spiro atoms. The molecule has 0 radical (unpaired) electrons. The highest BCUT2D eigenvalue weighted by atomic mass is 35.5. The Balaban J connectivity index is 1.86. The van der Waals surface area contributed by atoms with Crippen LogP contribution in [0.4, 0.5) is 5.69 Å². The van der Waals surface area contributed by atoms with Crippen LogP contribution in [-0.4, -0.2) is 58.5 Å². The number of sulfonamides is 1. The second-order valence-electron chi connectivity index (χ2n) is 12.3. The first kappa shape index (κ1) is 37.3. The number of rotatable bonds is 15. The number of methoxy groups -OCH3 is 2. The number of hydrogen-bond donors (Lipinski definition) is 1. The number of hydrogen-bond acceptors (Lipinski definition) is 6. The first-order valence-electron chi connectivity index (χ1n) is 16.0. The standard InChI is InChI=1S/C38H44ClN3O6S/c1-26(2)23-40-38(44)34(21-29-12-8-7-9-13-29)41(24-30-14-10-11-15-33(30)39)37(43)25-42(31-19-27(3)18-28(4)20-31)49(45,46)32-16-17-35(47-5)36(22-32)48-6/h7-20,22,26,34H,21,23-25H2,1-6H3,(H,40,44)/t34-/m0/s1. The topological polar surface area (TPSA) is 105 Å². The third-order valence-corrected chi connectivity index (χ3v) is 10.1. The lowest BCUT2D eigenvalue weighted by Gasteiger charge is -2.34. The molecule has 260 valence electrons. The lowest BCUT2D eigenvalue weighted by Crippen LogP contribution is -2.53. The number of ether oxygens (including phenoxy) is 2. The molecule has 0 aliphatic heterocycles. The average molecular weight is 706 g/mol. The quantitative estimate of drug-likeness (QED) is 0.150. The van der Waals surface area contributed by atoms with Crippen molar-refractivity contribution >= 4 is 39.1 Å². The van der Waals surface area contributed by atoms with Crippen molar-refractivity contribution in [2.75, 3.05) is 31.6 Å². The van der Waals surface area contributed by atoms with E-state index in [0.717, 1.165) is 21.0 Å². The second-order valence-corrected chi connectivity index (χ2v) is 14.6. The van der Waals surface area contributed by atoms with E-state index >= 15 is 0 Å². The normalized spacial score (nSPS) is 11.9. The van der Waals surface area contributed by atoms with Crippen LogP contribution >= 0.6 is 11.6 Å². The number of carbonyl (C=O) groups is 2. The van der Waals surface area contributed by atoms with E-state index in [2.05, 4.69) is 5.32 Å². The molecule has 0 saturated heterocycles. The number of nitrogens with zero attached hydrogens (tertiary/aromatic N) is 2. The van der Waals surface area contributed by atoms with E-state index in [1.54, 1.807) is 36.4 Å². The maximum absolute atomic E-state index is 14.7. The molecule has 11 heteroatoms. The Hall–Kier alpha value is -4.54. The van der Waals surface area contributed by atoms with Crippen molar-refractivity contribution in [1.29, 1.82) is 0 Å². The van der Waals surface area contributed by atoms with Gasteiger partial charge in [-0.2, -0.15) is 0 Å². The molecule has 9 nitrogen and oxygen atoms in total. The molecule has 0 aromatic heterocycles. The highest BCUT2D eigenvalue weighted by Crippen LogP contribution is 2.33. The number of aryl methyl sites for hydroxylation is 2. The number of benzene rings is 4. The molecule has 0 unspecified atom stereocenters. The van der Waals surface area contributed by atoms with Gasteiger partial charge in [-0.15, -0.1) is 0 Å². The van der Waals surface area contributed by atoms with Gasteiger partial charge in [-0.05, 0) is 72.4 Å². The fourth-order valence-electron chi connectivity index (χ4n) is 5.51. The highest BCUT2D eigenvalue weighted by molar-refractivity contribution is 7.92. The predicted molar refractivity (Wildman–Crippen MR) is 194 cm³/mol. The Labute approximate surface area is 294 Å². The van der Waals surface area contributed by atoms with Gasteiger partial charge in [-0.25, -0.2) is 8.42 Å². The summed E-state index contributed by atoms with van der Waals surface area (Å²) in [6.07, 6.45) is 0.201. The van der Waals surface area contributed by atoms with Crippen molar-refractivity contribution in [1.82, 2.24) is 10.2 Å². The van der Waals surface area contributed by atoms with Gasteiger partial charge in [0.25, 0.3) is 10.0 Å². The molecule has 49 heavy (non-hydrogen) atoms. The minimum absolute atomic E-state index is 0.0256. The third-order valence-electron chi connectivity index (χ3n) is 7.97. The van der Waals surface area contributed by atoms with Crippen LogP contribution in [0, 0.1) is 19.8 Å². The minimum Gasteiger partial charge on any atom is -0.493 e. The zero-order valence-corrected chi connectivity index (χ0v) is 30.3. The molecule has 0 fully saturated rings. The summed E-state index contributed by atoms with van der Waals surface area (Å²) in [5, 5.41) is 3.42. The van der Waals surface area contributed by atoms with Crippen molar-refractivity contribution in [3.63, 3.8) is 0 Å². The van der Waals surface area contributed by atoms with Gasteiger partial charge < -0.3 is 19.7 Å². The summed E-state index contributed by atoms with van der Waals surface area (Å²) < 4.78 is 40.9. The lowest BCUT2D eigenvalue weighted by atomic mass is 10.0. The lowest BCUT2D eigenvalue weighted by molar-refractivity contribution is -0.140. The zero-order chi connectivity index (χ0) is 35.7. The number of anilines is 1. The number of amides is 2. The minimum atomic E-state index is -4.36. The van der Waals surface area contributed by atoms with E-state index in [0.29, 0.717) is 28.6 Å². The summed E-state index contributed by atoms with van der Waals surface area (Å²) in [6.45, 7) is 7.48. The smallest absolute Gasteiger partial charge is 0.264 e. The molecule has 4 aromatic rings. The first-order chi connectivity index (χ1) is 23.3. The van der Waals surface area contributed by atoms with Crippen molar-refractivity contribution < 1.29 is 27.5 Å². The largest absolute Gasteiger partial charge is 0.493 e. The van der Waals surface area contributed by atoms with Gasteiger partial charge in [0.05, 0.1) is 24.8 Å². The van der Waals surface area contributed by atoms with Gasteiger partial charge in [0.2, 0.25) is 11.8 Å². The summed E-state index contributed by atoms with van der Waals surface area (Å²) in [5.41, 5.74) is 3.40. The Kier molecular flexibility index (Phi) is 12.7. The molecule has 1 N–H and O–H groups in total. The van der Waals surface area contributed by atoms with E-state index in [9.17, 15) is 18.0 Å². The summed E-state index contributed by atoms with van der Waals surface area (Å²) in [5.74, 6) is -0.180. The molecule has 0 bridgehead atoms. The van der Waals surface area contributed by atoms with Crippen LogP contribution in [0.1, 0.15) is 36.1 Å². The Bertz CT molecular complexity index is 1850. The first-order valence-corrected chi connectivity index (χ1v) is 17.8. The van der Waals surface area contributed by atoms with Crippen LogP contribution < -0.4 is 19.1 Å². The average Bonchev–Trinajstić information content (AvgIpc) is 3.07. The van der Waals surface area contributed by atoms with Crippen molar-refractivity contribution in [3.05, 3.63) is 118 Å². The monoisotopic (exact) mass is 705 g/mol. The molecule has 0 aliphatic rings. The van der Waals surface area contributed by atoms with E-state index in [4.69, 9.17) is 21.1 Å². The summed E-state index contributed by atoms with van der Waals surface area (Å²) in [7, 11) is -1.48. The highest BCUT2D eigenvalue weighted by Gasteiger charge is 2.35. The van der Waals surface area contributed by atoms with E-state index in [1.807, 2.05) is 64.1 Å². The van der Waals surface area contributed by atoms with Crippen LogP contribution in [0.25, 0.3) is 0 Å². The van der Waals surface area contributed by atoms with Crippen LogP contribution in [0.5, 0.6) is 11.5 Å². The maximum atomic E-state index is 14.7. The van der Waals surface area contributed by atoms with Crippen molar-refractivity contribution in [3.8, 4) is 11.5 Å². The fourth-order valence-corrected chi connectivity index (χ4v) is 7.12. The van der Waals surface area contributed by atoms with E-state index in [1.165, 1.54) is 37.3 Å². The molecular weight excluding hydrogens is 662 g/mol. The van der Waals surface area contributed by atoms with Crippen molar-refractivity contribution in [2.24, 2.45) is 5.92 Å². The Morgan fingerprint density at radius 3 is 2.08 bits per heavy atom. The summed E-state index contributed by atoms with van der Waals surface area (Å²) in [6, 6.07) is 25.2. The van der Waals surface area contributed by atoms with Gasteiger partial charge in [0.15, 0.2) is 11.5 Å². The molecule has 4 aromatic carbocycles. The maximum Gasteiger partial charge on any atom is 0.264 e. The summed E-state index contributed by atoms with van der Waals surface area (Å²) >= 11 is 6.60. The van der Waals surface area contributed by atoms with Crippen LogP contribution in [0.3, 0.4) is 0 Å². The van der Waals surface area contributed by atoms with Crippen LogP contribution in [0.2, 0.25) is 5.02 Å². The van der Waals surface area contributed by atoms with E-state index < -0.39 is 28.5 Å². The zero-order valence-electron chi connectivity index (χ0n) is 28.8. The van der Waals surface area contributed by atoms with Gasteiger partial charge in [-0.1, -0.05) is 80.0 Å². The van der Waals surface area contributed by atoms with Gasteiger partial charge in [0.1, 0.15) is 12.6 Å².